The van der Waals surface area contributed by atoms with Gasteiger partial charge in [0.2, 0.25) is 5.91 Å². The maximum absolute atomic E-state index is 13.0. The first-order valence-electron chi connectivity index (χ1n) is 9.06. The van der Waals surface area contributed by atoms with Crippen molar-refractivity contribution in [3.05, 3.63) is 47.7 Å². The summed E-state index contributed by atoms with van der Waals surface area (Å²) in [4.78, 5) is 26.3. The van der Waals surface area contributed by atoms with E-state index in [9.17, 15) is 9.59 Å². The molecule has 0 aliphatic heterocycles. The number of benzene rings is 1. The highest BCUT2D eigenvalue weighted by molar-refractivity contribution is 8.01. The molecule has 1 aliphatic rings. The molecule has 2 N–H and O–H groups in total. The molecule has 0 fully saturated rings. The average molecular weight is 412 g/mol. The van der Waals surface area contributed by atoms with E-state index in [0.29, 0.717) is 6.42 Å². The van der Waals surface area contributed by atoms with Crippen LogP contribution in [0.15, 0.2) is 45.6 Å². The summed E-state index contributed by atoms with van der Waals surface area (Å²) in [6, 6.07) is 9.65. The van der Waals surface area contributed by atoms with E-state index in [1.807, 2.05) is 30.3 Å². The Labute approximate surface area is 171 Å². The third-order valence-corrected chi connectivity index (χ3v) is 7.14. The molecule has 144 valence electrons. The van der Waals surface area contributed by atoms with Crippen molar-refractivity contribution in [1.82, 2.24) is 10.2 Å². The highest BCUT2D eigenvalue weighted by Crippen LogP contribution is 2.49. The monoisotopic (exact) mass is 411 g/mol. The van der Waals surface area contributed by atoms with Crippen molar-refractivity contribution in [3.8, 4) is 10.6 Å². The Morgan fingerprint density at radius 3 is 2.61 bits per heavy atom. The van der Waals surface area contributed by atoms with Crippen LogP contribution in [0.5, 0.6) is 0 Å². The summed E-state index contributed by atoms with van der Waals surface area (Å²) in [5.41, 5.74) is 3.68. The standard InChI is InChI=1S/C21H21N3O2S2/c1-12(25)23-13-4-6-14(7-5-13)27-20-18-15(10-21(2,3)11-17(18)26)19(28-20)16-8-9-22-24-16/h4-9H,10-11H2,1-3H3,(H,22,24)(H,23,25). The number of Topliss-reactive ketones (excluding diaryl/α,β-unsaturated/α-hetero) is 1. The topological polar surface area (TPSA) is 74.8 Å². The van der Waals surface area contributed by atoms with Crippen LogP contribution >= 0.6 is 23.1 Å². The first kappa shape index (κ1) is 19.0. The van der Waals surface area contributed by atoms with Crippen molar-refractivity contribution in [2.45, 2.75) is 42.7 Å². The Morgan fingerprint density at radius 1 is 1.21 bits per heavy atom. The van der Waals surface area contributed by atoms with E-state index in [1.54, 1.807) is 29.3 Å². The normalized spacial score (nSPS) is 15.3. The Balaban J connectivity index is 1.72. The number of hydrogen-bond acceptors (Lipinski definition) is 5. The molecule has 0 saturated carbocycles. The Bertz CT molecular complexity index is 1030. The SMILES string of the molecule is CC(=O)Nc1ccc(Sc2sc(-c3ccn[nH]3)c3c2C(=O)CC(C)(C)C3)cc1. The van der Waals surface area contributed by atoms with Crippen LogP contribution in [0, 0.1) is 5.41 Å². The summed E-state index contributed by atoms with van der Waals surface area (Å²) in [6.45, 7) is 5.79. The van der Waals surface area contributed by atoms with Crippen LogP contribution in [0.1, 0.15) is 43.1 Å². The number of fused-ring (bicyclic) bond motifs is 1. The van der Waals surface area contributed by atoms with Gasteiger partial charge in [0.25, 0.3) is 0 Å². The number of nitrogens with zero attached hydrogens (tertiary/aromatic N) is 1. The molecule has 1 amide bonds. The lowest BCUT2D eigenvalue weighted by atomic mass is 9.74. The van der Waals surface area contributed by atoms with E-state index < -0.39 is 0 Å². The molecule has 1 aliphatic carbocycles. The molecular formula is C21H21N3O2S2. The van der Waals surface area contributed by atoms with Gasteiger partial charge in [0.1, 0.15) is 0 Å². The minimum atomic E-state index is -0.0925. The zero-order valence-electron chi connectivity index (χ0n) is 16.0. The molecule has 7 heteroatoms. The van der Waals surface area contributed by atoms with Crippen LogP contribution in [0.2, 0.25) is 0 Å². The van der Waals surface area contributed by atoms with Crippen LogP contribution in [-0.4, -0.2) is 21.9 Å². The van der Waals surface area contributed by atoms with Gasteiger partial charge in [-0.25, -0.2) is 0 Å². The quantitative estimate of drug-likeness (QED) is 0.602. The van der Waals surface area contributed by atoms with Gasteiger partial charge in [0.15, 0.2) is 5.78 Å². The van der Waals surface area contributed by atoms with Gasteiger partial charge in [0.05, 0.1) is 14.8 Å². The largest absolute Gasteiger partial charge is 0.326 e. The lowest BCUT2D eigenvalue weighted by molar-refractivity contribution is -0.114. The zero-order chi connectivity index (χ0) is 19.9. The smallest absolute Gasteiger partial charge is 0.221 e. The molecule has 2 aromatic heterocycles. The van der Waals surface area contributed by atoms with E-state index in [1.165, 1.54) is 6.92 Å². The van der Waals surface area contributed by atoms with E-state index in [0.717, 1.165) is 42.9 Å². The summed E-state index contributed by atoms with van der Waals surface area (Å²) in [5, 5.41) is 9.91. The molecule has 1 aromatic carbocycles. The number of aromatic amines is 1. The number of ketones is 1. The zero-order valence-corrected chi connectivity index (χ0v) is 17.6. The molecule has 5 nitrogen and oxygen atoms in total. The van der Waals surface area contributed by atoms with E-state index in [-0.39, 0.29) is 17.1 Å². The Hall–Kier alpha value is -2.38. The van der Waals surface area contributed by atoms with Crippen molar-refractivity contribution in [3.63, 3.8) is 0 Å². The lowest BCUT2D eigenvalue weighted by Gasteiger charge is -2.29. The highest BCUT2D eigenvalue weighted by atomic mass is 32.2. The number of carbonyl (C=O) groups excluding carboxylic acids is 2. The van der Waals surface area contributed by atoms with Gasteiger partial charge in [-0.2, -0.15) is 5.10 Å². The summed E-state index contributed by atoms with van der Waals surface area (Å²) >= 11 is 3.25. The summed E-state index contributed by atoms with van der Waals surface area (Å²) < 4.78 is 1.02. The maximum Gasteiger partial charge on any atom is 0.221 e. The molecule has 0 saturated heterocycles. The summed E-state index contributed by atoms with van der Waals surface area (Å²) in [6.07, 6.45) is 3.18. The lowest BCUT2D eigenvalue weighted by Crippen LogP contribution is -2.26. The van der Waals surface area contributed by atoms with Gasteiger partial charge in [-0.3, -0.25) is 14.7 Å². The molecular weight excluding hydrogens is 390 g/mol. The number of H-pyrrole nitrogens is 1. The molecule has 2 heterocycles. The van der Waals surface area contributed by atoms with E-state index >= 15 is 0 Å². The predicted molar refractivity (Wildman–Crippen MR) is 113 cm³/mol. The molecule has 3 aromatic rings. The number of aromatic nitrogens is 2. The molecule has 0 radical (unpaired) electrons. The van der Waals surface area contributed by atoms with E-state index in [2.05, 4.69) is 29.4 Å². The van der Waals surface area contributed by atoms with Crippen LogP contribution in [0.4, 0.5) is 5.69 Å². The van der Waals surface area contributed by atoms with Gasteiger partial charge in [-0.05, 0) is 47.7 Å². The summed E-state index contributed by atoms with van der Waals surface area (Å²) in [5.74, 6) is 0.121. The third kappa shape index (κ3) is 3.77. The number of hydrogen-bond donors (Lipinski definition) is 2. The number of thiophene rings is 1. The number of amides is 1. The maximum atomic E-state index is 13.0. The van der Waals surface area contributed by atoms with Gasteiger partial charge in [-0.15, -0.1) is 11.3 Å². The molecule has 0 atom stereocenters. The van der Waals surface area contributed by atoms with Crippen molar-refractivity contribution in [1.29, 1.82) is 0 Å². The second-order valence-corrected chi connectivity index (χ2v) is 10.2. The number of anilines is 1. The number of carbonyl (C=O) groups is 2. The van der Waals surface area contributed by atoms with Crippen molar-refractivity contribution in [2.24, 2.45) is 5.41 Å². The first-order valence-corrected chi connectivity index (χ1v) is 10.7. The van der Waals surface area contributed by atoms with Gasteiger partial charge in [-0.1, -0.05) is 25.6 Å². The van der Waals surface area contributed by atoms with Gasteiger partial charge >= 0.3 is 0 Å². The van der Waals surface area contributed by atoms with Crippen LogP contribution in [-0.2, 0) is 11.2 Å². The molecule has 28 heavy (non-hydrogen) atoms. The molecule has 0 unspecified atom stereocenters. The van der Waals surface area contributed by atoms with Crippen LogP contribution in [0.3, 0.4) is 0 Å². The first-order chi connectivity index (χ1) is 13.3. The van der Waals surface area contributed by atoms with Gasteiger partial charge < -0.3 is 5.32 Å². The summed E-state index contributed by atoms with van der Waals surface area (Å²) in [7, 11) is 0. The Kier molecular flexibility index (Phi) is 4.89. The number of nitrogens with one attached hydrogen (secondary N) is 2. The van der Waals surface area contributed by atoms with E-state index in [4.69, 9.17) is 0 Å². The fraction of sp³-hybridized carbons (Fsp3) is 0.286. The predicted octanol–water partition coefficient (Wildman–Crippen LogP) is 5.40. The second-order valence-electron chi connectivity index (χ2n) is 7.79. The third-order valence-electron chi connectivity index (χ3n) is 4.68. The minimum absolute atomic E-state index is 0.0398. The van der Waals surface area contributed by atoms with Crippen LogP contribution in [0.25, 0.3) is 10.6 Å². The second kappa shape index (κ2) is 7.22. The Morgan fingerprint density at radius 2 is 1.96 bits per heavy atom. The highest BCUT2D eigenvalue weighted by Gasteiger charge is 2.36. The molecule has 0 spiro atoms. The molecule has 0 bridgehead atoms. The van der Waals surface area contributed by atoms with Crippen molar-refractivity contribution >= 4 is 40.5 Å². The fourth-order valence-corrected chi connectivity index (χ4v) is 6.12. The minimum Gasteiger partial charge on any atom is -0.326 e. The van der Waals surface area contributed by atoms with Crippen molar-refractivity contribution in [2.75, 3.05) is 5.32 Å². The number of rotatable bonds is 4. The van der Waals surface area contributed by atoms with Crippen molar-refractivity contribution < 1.29 is 9.59 Å². The van der Waals surface area contributed by atoms with Crippen LogP contribution < -0.4 is 5.32 Å². The fourth-order valence-electron chi connectivity index (χ4n) is 3.55. The molecule has 4 rings (SSSR count). The average Bonchev–Trinajstić information content (AvgIpc) is 3.23. The van der Waals surface area contributed by atoms with Gasteiger partial charge in [0, 0.05) is 35.7 Å².